The topological polar surface area (TPSA) is 44.4 Å². The first-order chi connectivity index (χ1) is 8.22. The van der Waals surface area contributed by atoms with Crippen LogP contribution in [0.1, 0.15) is 32.1 Å². The molecule has 0 radical (unpaired) electrons. The van der Waals surface area contributed by atoms with Crippen molar-refractivity contribution in [1.82, 2.24) is 15.5 Å². The lowest BCUT2D eigenvalue weighted by molar-refractivity contribution is -0.121. The van der Waals surface area contributed by atoms with Gasteiger partial charge in [-0.1, -0.05) is 0 Å². The fourth-order valence-corrected chi connectivity index (χ4v) is 2.28. The van der Waals surface area contributed by atoms with E-state index < -0.39 is 0 Å². The molecule has 100 valence electrons. The zero-order valence-corrected chi connectivity index (χ0v) is 11.3. The fourth-order valence-electron chi connectivity index (χ4n) is 2.28. The highest BCUT2D eigenvalue weighted by Gasteiger charge is 2.16. The number of carbonyl (C=O) groups excluding carboxylic acids is 1. The Labute approximate surface area is 105 Å². The number of piperidine rings is 1. The molecule has 0 aromatic rings. The smallest absolute Gasteiger partial charge is 0.220 e. The number of nitrogens with zero attached hydrogens (tertiary/aromatic N) is 1. The van der Waals surface area contributed by atoms with Crippen LogP contribution < -0.4 is 10.6 Å². The van der Waals surface area contributed by atoms with Gasteiger partial charge >= 0.3 is 0 Å². The van der Waals surface area contributed by atoms with Crippen molar-refractivity contribution in [3.05, 3.63) is 0 Å². The second kappa shape index (κ2) is 8.48. The van der Waals surface area contributed by atoms with Crippen LogP contribution in [0.15, 0.2) is 0 Å². The molecule has 4 nitrogen and oxygen atoms in total. The molecule has 1 amide bonds. The van der Waals surface area contributed by atoms with E-state index in [0.29, 0.717) is 6.42 Å². The van der Waals surface area contributed by atoms with Crippen molar-refractivity contribution < 1.29 is 4.79 Å². The maximum atomic E-state index is 11.5. The molecule has 1 fully saturated rings. The van der Waals surface area contributed by atoms with Gasteiger partial charge in [0.1, 0.15) is 0 Å². The van der Waals surface area contributed by atoms with Gasteiger partial charge in [0, 0.05) is 13.0 Å². The molecule has 0 aromatic heterocycles. The molecule has 0 unspecified atom stereocenters. The van der Waals surface area contributed by atoms with Crippen LogP contribution in [-0.2, 0) is 4.79 Å². The van der Waals surface area contributed by atoms with Crippen LogP contribution in [-0.4, -0.2) is 51.1 Å². The summed E-state index contributed by atoms with van der Waals surface area (Å²) in [6.07, 6.45) is 5.29. The first kappa shape index (κ1) is 14.5. The molecule has 17 heavy (non-hydrogen) atoms. The van der Waals surface area contributed by atoms with Crippen LogP contribution in [0.4, 0.5) is 0 Å². The van der Waals surface area contributed by atoms with E-state index in [1.807, 2.05) is 7.05 Å². The highest BCUT2D eigenvalue weighted by Crippen LogP contribution is 2.18. The van der Waals surface area contributed by atoms with Crippen molar-refractivity contribution in [3.8, 4) is 0 Å². The maximum absolute atomic E-state index is 11.5. The molecule has 0 bridgehead atoms. The minimum Gasteiger partial charge on any atom is -0.356 e. The zero-order chi connectivity index (χ0) is 12.5. The van der Waals surface area contributed by atoms with Gasteiger partial charge in [-0.05, 0) is 65.3 Å². The quantitative estimate of drug-likeness (QED) is 0.649. The third kappa shape index (κ3) is 6.64. The fraction of sp³-hybridized carbons (Fsp3) is 0.923. The standard InChI is InChI=1S/C13H27N3O/c1-14-8-3-4-13(17)15-9-5-12-6-10-16(2)11-7-12/h12,14H,3-11H2,1-2H3,(H,15,17). The van der Waals surface area contributed by atoms with Gasteiger partial charge in [0.2, 0.25) is 5.91 Å². The summed E-state index contributed by atoms with van der Waals surface area (Å²) in [5.41, 5.74) is 0. The van der Waals surface area contributed by atoms with Crippen molar-refractivity contribution in [2.24, 2.45) is 5.92 Å². The Kier molecular flexibility index (Phi) is 7.21. The Bertz CT molecular complexity index is 213. The molecule has 0 spiro atoms. The molecule has 0 atom stereocenters. The van der Waals surface area contributed by atoms with Crippen molar-refractivity contribution in [3.63, 3.8) is 0 Å². The molecule has 1 saturated heterocycles. The molecule has 0 aliphatic carbocycles. The number of hydrogen-bond donors (Lipinski definition) is 2. The first-order valence-electron chi connectivity index (χ1n) is 6.82. The molecule has 4 heteroatoms. The van der Waals surface area contributed by atoms with Crippen LogP contribution in [0, 0.1) is 5.92 Å². The lowest BCUT2D eigenvalue weighted by Crippen LogP contribution is -2.32. The average Bonchev–Trinajstić information content (AvgIpc) is 2.32. The lowest BCUT2D eigenvalue weighted by atomic mass is 9.94. The van der Waals surface area contributed by atoms with E-state index >= 15 is 0 Å². The van der Waals surface area contributed by atoms with Crippen LogP contribution >= 0.6 is 0 Å². The number of carbonyl (C=O) groups is 1. The Morgan fingerprint density at radius 3 is 2.65 bits per heavy atom. The molecule has 1 rings (SSSR count). The summed E-state index contributed by atoms with van der Waals surface area (Å²) in [5, 5.41) is 6.07. The van der Waals surface area contributed by atoms with E-state index in [2.05, 4.69) is 22.6 Å². The third-order valence-electron chi connectivity index (χ3n) is 3.54. The maximum Gasteiger partial charge on any atom is 0.220 e. The van der Waals surface area contributed by atoms with Crippen LogP contribution in [0.2, 0.25) is 0 Å². The molecule has 2 N–H and O–H groups in total. The Morgan fingerprint density at radius 2 is 2.00 bits per heavy atom. The van der Waals surface area contributed by atoms with Crippen LogP contribution in [0.3, 0.4) is 0 Å². The average molecular weight is 241 g/mol. The van der Waals surface area contributed by atoms with Crippen molar-refractivity contribution in [2.75, 3.05) is 40.3 Å². The largest absolute Gasteiger partial charge is 0.356 e. The highest BCUT2D eigenvalue weighted by molar-refractivity contribution is 5.75. The summed E-state index contributed by atoms with van der Waals surface area (Å²) in [5.74, 6) is 1.01. The molecular weight excluding hydrogens is 214 g/mol. The van der Waals surface area contributed by atoms with Gasteiger partial charge in [-0.25, -0.2) is 0 Å². The highest BCUT2D eigenvalue weighted by atomic mass is 16.1. The van der Waals surface area contributed by atoms with Gasteiger partial charge in [0.05, 0.1) is 0 Å². The first-order valence-corrected chi connectivity index (χ1v) is 6.82. The minimum atomic E-state index is 0.202. The van der Waals surface area contributed by atoms with Gasteiger partial charge < -0.3 is 15.5 Å². The van der Waals surface area contributed by atoms with Crippen LogP contribution in [0.25, 0.3) is 0 Å². The predicted octanol–water partition coefficient (Wildman–Crippen LogP) is 0.834. The summed E-state index contributed by atoms with van der Waals surface area (Å²) in [6.45, 7) is 4.19. The van der Waals surface area contributed by atoms with Gasteiger partial charge in [-0.2, -0.15) is 0 Å². The monoisotopic (exact) mass is 241 g/mol. The minimum absolute atomic E-state index is 0.202. The summed E-state index contributed by atoms with van der Waals surface area (Å²) < 4.78 is 0. The second-order valence-electron chi connectivity index (χ2n) is 5.09. The predicted molar refractivity (Wildman–Crippen MR) is 71.0 cm³/mol. The van der Waals surface area contributed by atoms with Crippen molar-refractivity contribution >= 4 is 5.91 Å². The number of rotatable bonds is 7. The molecular formula is C13H27N3O. The van der Waals surface area contributed by atoms with Crippen molar-refractivity contribution in [1.29, 1.82) is 0 Å². The van der Waals surface area contributed by atoms with Crippen molar-refractivity contribution in [2.45, 2.75) is 32.1 Å². The third-order valence-corrected chi connectivity index (χ3v) is 3.54. The summed E-state index contributed by atoms with van der Waals surface area (Å²) in [7, 11) is 4.10. The van der Waals surface area contributed by atoms with Gasteiger partial charge in [-0.3, -0.25) is 4.79 Å². The number of likely N-dealkylation sites (tertiary alicyclic amines) is 1. The van der Waals surface area contributed by atoms with E-state index in [4.69, 9.17) is 0 Å². The molecule has 1 aliphatic heterocycles. The summed E-state index contributed by atoms with van der Waals surface area (Å²) in [4.78, 5) is 13.8. The van der Waals surface area contributed by atoms with Gasteiger partial charge in [-0.15, -0.1) is 0 Å². The molecule has 1 heterocycles. The van der Waals surface area contributed by atoms with E-state index in [9.17, 15) is 4.79 Å². The second-order valence-corrected chi connectivity index (χ2v) is 5.09. The number of nitrogens with one attached hydrogen (secondary N) is 2. The van der Waals surface area contributed by atoms with Crippen LogP contribution in [0.5, 0.6) is 0 Å². The normalized spacial score (nSPS) is 18.2. The Hall–Kier alpha value is -0.610. The Balaban J connectivity index is 1.97. The molecule has 0 aromatic carbocycles. The van der Waals surface area contributed by atoms with E-state index in [1.54, 1.807) is 0 Å². The lowest BCUT2D eigenvalue weighted by Gasteiger charge is -2.28. The van der Waals surface area contributed by atoms with E-state index in [0.717, 1.165) is 31.8 Å². The molecule has 0 saturated carbocycles. The van der Waals surface area contributed by atoms with Gasteiger partial charge in [0.25, 0.3) is 0 Å². The number of amides is 1. The molecule has 1 aliphatic rings. The van der Waals surface area contributed by atoms with Gasteiger partial charge in [0.15, 0.2) is 0 Å². The summed E-state index contributed by atoms with van der Waals surface area (Å²) >= 11 is 0. The van der Waals surface area contributed by atoms with E-state index in [-0.39, 0.29) is 5.91 Å². The van der Waals surface area contributed by atoms with E-state index in [1.165, 1.54) is 25.9 Å². The zero-order valence-electron chi connectivity index (χ0n) is 11.3. The summed E-state index contributed by atoms with van der Waals surface area (Å²) in [6, 6.07) is 0. The Morgan fingerprint density at radius 1 is 1.29 bits per heavy atom. The SMILES string of the molecule is CNCCCC(=O)NCCC1CCN(C)CC1. The number of hydrogen-bond acceptors (Lipinski definition) is 3.